The Labute approximate surface area is 386 Å². The van der Waals surface area contributed by atoms with Gasteiger partial charge in [-0.3, -0.25) is 28.9 Å². The van der Waals surface area contributed by atoms with Crippen LogP contribution in [0.25, 0.3) is 0 Å². The Hall–Kier alpha value is -7.61. The Morgan fingerprint density at radius 1 is 0.836 bits per heavy atom. The molecule has 16 heteroatoms. The summed E-state index contributed by atoms with van der Waals surface area (Å²) in [4.78, 5) is 86.7. The second-order valence-electron chi connectivity index (χ2n) is 16.6. The lowest BCUT2D eigenvalue weighted by atomic mass is 9.64. The zero-order valence-electron chi connectivity index (χ0n) is 36.8. The summed E-state index contributed by atoms with van der Waals surface area (Å²) in [6.45, 7) is 0.878. The molecule has 3 saturated heterocycles. The highest BCUT2D eigenvalue weighted by molar-refractivity contribution is 6.12. The van der Waals surface area contributed by atoms with E-state index in [1.54, 1.807) is 53.7 Å². The number of carbonyl (C=O) groups excluding carboxylic acids is 5. The van der Waals surface area contributed by atoms with E-state index in [-0.39, 0.29) is 32.7 Å². The minimum Gasteiger partial charge on any atom is -0.491 e. The number of morpholine rings is 1. The number of carbonyl (C=O) groups is 5. The van der Waals surface area contributed by atoms with Gasteiger partial charge in [-0.15, -0.1) is 0 Å². The van der Waals surface area contributed by atoms with Crippen LogP contribution in [-0.2, 0) is 43.6 Å². The van der Waals surface area contributed by atoms with Crippen molar-refractivity contribution in [3.63, 3.8) is 0 Å². The maximum Gasteiger partial charge on any atom is 0.324 e. The van der Waals surface area contributed by atoms with Crippen LogP contribution in [0.15, 0.2) is 122 Å². The summed E-state index contributed by atoms with van der Waals surface area (Å²) >= 11 is 0. The number of hydrogen-bond acceptors (Lipinski definition) is 14. The smallest absolute Gasteiger partial charge is 0.324 e. The van der Waals surface area contributed by atoms with Crippen molar-refractivity contribution in [2.45, 2.75) is 36.1 Å². The fourth-order valence-electron chi connectivity index (χ4n) is 10.2. The predicted molar refractivity (Wildman–Crippen MR) is 242 cm³/mol. The summed E-state index contributed by atoms with van der Waals surface area (Å²) in [6, 6.07) is 29.8. The van der Waals surface area contributed by atoms with E-state index >= 15 is 14.4 Å². The number of fused-ring (bicyclic) bond motifs is 3. The molecular weight excluding hydrogens is 857 g/mol. The maximum absolute atomic E-state index is 16.0. The van der Waals surface area contributed by atoms with E-state index < -0.39 is 71.2 Å². The van der Waals surface area contributed by atoms with Gasteiger partial charge in [0.05, 0.1) is 38.8 Å². The average molecular weight is 905 g/mol. The first-order valence-electron chi connectivity index (χ1n) is 22.0. The second-order valence-corrected chi connectivity index (χ2v) is 16.6. The highest BCUT2D eigenvalue weighted by atomic mass is 16.6. The van der Waals surface area contributed by atoms with Crippen LogP contribution in [0.1, 0.15) is 52.4 Å². The van der Waals surface area contributed by atoms with Gasteiger partial charge in [0, 0.05) is 61.8 Å². The van der Waals surface area contributed by atoms with Crippen LogP contribution in [0.2, 0.25) is 0 Å². The number of nitrogens with one attached hydrogen (secondary N) is 1. The Bertz CT molecular complexity index is 2710. The maximum atomic E-state index is 16.0. The fraction of sp³-hybridized carbons (Fsp3) is 0.314. The van der Waals surface area contributed by atoms with Crippen molar-refractivity contribution in [1.29, 1.82) is 0 Å². The monoisotopic (exact) mass is 904 g/mol. The summed E-state index contributed by atoms with van der Waals surface area (Å²) in [7, 11) is 2.34. The van der Waals surface area contributed by atoms with E-state index in [1.165, 1.54) is 14.2 Å². The molecule has 6 unspecified atom stereocenters. The van der Waals surface area contributed by atoms with Crippen molar-refractivity contribution in [3.8, 4) is 17.6 Å². The number of benzene rings is 4. The van der Waals surface area contributed by atoms with Crippen molar-refractivity contribution in [1.82, 2.24) is 19.8 Å². The van der Waals surface area contributed by atoms with Crippen LogP contribution in [0, 0.1) is 23.7 Å². The molecule has 6 atom stereocenters. The Balaban J connectivity index is 1.27. The van der Waals surface area contributed by atoms with Crippen LogP contribution in [-0.4, -0.2) is 114 Å². The third-order valence-corrected chi connectivity index (χ3v) is 13.1. The highest BCUT2D eigenvalue weighted by Crippen LogP contribution is 2.66. The first kappa shape index (κ1) is 44.6. The summed E-state index contributed by atoms with van der Waals surface area (Å²) in [5.41, 5.74) is 1.35. The number of rotatable bonds is 11. The number of aliphatic hydroxyl groups is 1. The van der Waals surface area contributed by atoms with Gasteiger partial charge in [-0.2, -0.15) is 0 Å². The molecule has 4 aromatic carbocycles. The number of aliphatic hydroxyl groups excluding tert-OH is 1. The van der Waals surface area contributed by atoms with Gasteiger partial charge in [0.1, 0.15) is 29.9 Å². The number of piperazine rings is 1. The number of methoxy groups -OCH3 is 2. The van der Waals surface area contributed by atoms with Crippen molar-refractivity contribution < 1.29 is 48.0 Å². The van der Waals surface area contributed by atoms with Crippen molar-refractivity contribution in [3.05, 3.63) is 149 Å². The number of ether oxygens (including phenoxy) is 4. The molecule has 1 aromatic heterocycles. The van der Waals surface area contributed by atoms with E-state index in [9.17, 15) is 14.7 Å². The fourth-order valence-corrected chi connectivity index (χ4v) is 10.2. The lowest BCUT2D eigenvalue weighted by Gasteiger charge is -2.46. The van der Waals surface area contributed by atoms with E-state index in [4.69, 9.17) is 18.9 Å². The molecule has 342 valence electrons. The topological polar surface area (TPSA) is 190 Å². The van der Waals surface area contributed by atoms with Gasteiger partial charge in [-0.05, 0) is 47.0 Å². The normalized spacial score (nSPS) is 23.1. The molecule has 0 radical (unpaired) electrons. The van der Waals surface area contributed by atoms with Gasteiger partial charge in [0.2, 0.25) is 17.8 Å². The SMILES string of the molecule is COC(=O)C(CC#Cc1ccc2c(c1)C1(C(=O)N2)C(C(=O)N2CCN(c3ncccn3)CC2)C2C(=O)OC(c3ccccc3)C(c3ccccc3)N2C1c1ccccc1OCCO)C(=O)OC. The van der Waals surface area contributed by atoms with Gasteiger partial charge in [0.15, 0.2) is 5.92 Å². The molecule has 4 aliphatic rings. The summed E-state index contributed by atoms with van der Waals surface area (Å²) in [6.07, 6.45) is 2.20. The molecule has 4 aliphatic heterocycles. The van der Waals surface area contributed by atoms with Gasteiger partial charge in [-0.25, -0.2) is 9.97 Å². The number of amides is 2. The number of nitrogens with zero attached hydrogens (tertiary/aromatic N) is 5. The zero-order chi connectivity index (χ0) is 46.7. The molecule has 5 heterocycles. The summed E-state index contributed by atoms with van der Waals surface area (Å²) < 4.78 is 22.5. The highest BCUT2D eigenvalue weighted by Gasteiger charge is 2.74. The molecule has 67 heavy (non-hydrogen) atoms. The Kier molecular flexibility index (Phi) is 12.7. The molecule has 2 N–H and O–H groups in total. The summed E-state index contributed by atoms with van der Waals surface area (Å²) in [5, 5.41) is 13.1. The predicted octanol–water partition coefficient (Wildman–Crippen LogP) is 4.17. The molecule has 0 bridgehead atoms. The molecule has 9 rings (SSSR count). The number of anilines is 2. The minimum atomic E-state index is -1.86. The standard InChI is InChI=1S/C51H48N6O10/c1-64-46(60)36(47(61)65-2)19-11-13-32-21-22-38-37(31-32)51(49(63)54-38)40(45(59)55-25-27-56(28-26-55)50-52-23-12-24-53-50)42-48(62)67-43(34-16-7-4-8-17-34)41(33-14-5-3-6-15-33)57(42)44(51)35-18-9-10-20-39(35)66-30-29-58/h3-10,12,14-18,20-24,31,36,40-44,58H,19,25-30H2,1-2H3,(H,54,63). The third kappa shape index (κ3) is 8.00. The van der Waals surface area contributed by atoms with Gasteiger partial charge in [-0.1, -0.05) is 90.7 Å². The van der Waals surface area contributed by atoms with Crippen LogP contribution < -0.4 is 15.0 Å². The van der Waals surface area contributed by atoms with Gasteiger partial charge < -0.3 is 39.2 Å². The number of cyclic esters (lactones) is 1. The summed E-state index contributed by atoms with van der Waals surface area (Å²) in [5.74, 6) is 0.940. The molecule has 1 spiro atoms. The Morgan fingerprint density at radius 3 is 2.16 bits per heavy atom. The largest absolute Gasteiger partial charge is 0.491 e. The number of hydrogen-bond donors (Lipinski definition) is 2. The number of aromatic nitrogens is 2. The minimum absolute atomic E-state index is 0.0740. The van der Waals surface area contributed by atoms with Gasteiger partial charge >= 0.3 is 17.9 Å². The zero-order valence-corrected chi connectivity index (χ0v) is 36.8. The van der Waals surface area contributed by atoms with Crippen LogP contribution in [0.4, 0.5) is 11.6 Å². The van der Waals surface area contributed by atoms with E-state index in [0.717, 1.165) is 5.56 Å². The lowest BCUT2D eigenvalue weighted by molar-refractivity contribution is -0.179. The molecule has 0 saturated carbocycles. The molecule has 2 amide bonds. The van der Waals surface area contributed by atoms with Gasteiger partial charge in [0.25, 0.3) is 0 Å². The first-order valence-corrected chi connectivity index (χ1v) is 22.0. The van der Waals surface area contributed by atoms with Crippen molar-refractivity contribution >= 4 is 41.4 Å². The molecule has 16 nitrogen and oxygen atoms in total. The van der Waals surface area contributed by atoms with Crippen LogP contribution in [0.5, 0.6) is 5.75 Å². The quantitative estimate of drug-likeness (QED) is 0.0832. The van der Waals surface area contributed by atoms with Crippen molar-refractivity contribution in [2.75, 3.05) is 63.8 Å². The molecule has 5 aromatic rings. The Morgan fingerprint density at radius 2 is 1.49 bits per heavy atom. The molecular formula is C51H48N6O10. The molecule has 0 aliphatic carbocycles. The van der Waals surface area contributed by atoms with E-state index in [0.29, 0.717) is 52.7 Å². The van der Waals surface area contributed by atoms with E-state index in [2.05, 4.69) is 27.1 Å². The molecule has 3 fully saturated rings. The third-order valence-electron chi connectivity index (χ3n) is 13.1. The van der Waals surface area contributed by atoms with Crippen molar-refractivity contribution in [2.24, 2.45) is 11.8 Å². The van der Waals surface area contributed by atoms with Crippen LogP contribution >= 0.6 is 0 Å². The number of esters is 3. The van der Waals surface area contributed by atoms with E-state index in [1.807, 2.05) is 82.6 Å². The second kappa shape index (κ2) is 19.1. The number of para-hydroxylation sites is 1. The van der Waals surface area contributed by atoms with Crippen LogP contribution in [0.3, 0.4) is 0 Å². The lowest BCUT2D eigenvalue weighted by Crippen LogP contribution is -2.58. The first-order chi connectivity index (χ1) is 32.7. The average Bonchev–Trinajstić information content (AvgIpc) is 3.85.